The van der Waals surface area contributed by atoms with Crippen LogP contribution in [0.25, 0.3) is 0 Å². The Hall–Kier alpha value is -1.10. The summed E-state index contributed by atoms with van der Waals surface area (Å²) in [7, 11) is 0. The van der Waals surface area contributed by atoms with Crippen LogP contribution in [0.5, 0.6) is 0 Å². The number of rotatable bonds is 2. The zero-order valence-electron chi connectivity index (χ0n) is 11.2. The third kappa shape index (κ3) is 2.11. The fraction of sp³-hybridized carbons (Fsp3) is 0.286. The van der Waals surface area contributed by atoms with Crippen LogP contribution in [-0.4, -0.2) is 30.2 Å². The molecular weight excluding hydrogens is 333 g/mol. The molecular formula is C14H17NO2Sn. The molecule has 1 aromatic carbocycles. The number of imide groups is 1. The molecule has 1 heterocycles. The first-order chi connectivity index (χ1) is 8.34. The van der Waals surface area contributed by atoms with Crippen molar-refractivity contribution in [3.63, 3.8) is 0 Å². The van der Waals surface area contributed by atoms with Crippen molar-refractivity contribution in [2.45, 2.75) is 21.7 Å². The molecule has 0 atom stereocenters. The number of benzene rings is 1. The molecule has 0 unspecified atom stereocenters. The maximum atomic E-state index is 12.5. The molecule has 1 aliphatic rings. The molecule has 0 aliphatic carbocycles. The van der Waals surface area contributed by atoms with Gasteiger partial charge in [0.1, 0.15) is 0 Å². The van der Waals surface area contributed by atoms with Crippen LogP contribution in [0, 0.1) is 0 Å². The molecule has 0 saturated carbocycles. The van der Waals surface area contributed by atoms with Crippen LogP contribution in [0.15, 0.2) is 39.5 Å². The van der Waals surface area contributed by atoms with E-state index >= 15 is 0 Å². The Labute approximate surface area is 111 Å². The fourth-order valence-corrected chi connectivity index (χ4v) is 8.00. The van der Waals surface area contributed by atoms with E-state index in [0.29, 0.717) is 11.3 Å². The summed E-state index contributed by atoms with van der Waals surface area (Å²) in [4.78, 5) is 32.5. The molecule has 0 aromatic heterocycles. The Kier molecular flexibility index (Phi) is 3.36. The Morgan fingerprint density at radius 1 is 0.944 bits per heavy atom. The van der Waals surface area contributed by atoms with Gasteiger partial charge in [0.05, 0.1) is 0 Å². The summed E-state index contributed by atoms with van der Waals surface area (Å²) in [6.07, 6.45) is 0. The molecule has 4 heteroatoms. The molecule has 94 valence electrons. The number of anilines is 1. The number of hydrogen-bond donors (Lipinski definition) is 0. The van der Waals surface area contributed by atoms with E-state index < -0.39 is 18.4 Å². The molecule has 1 aliphatic heterocycles. The number of hydrogen-bond acceptors (Lipinski definition) is 2. The minimum absolute atomic E-state index is 0.105. The summed E-state index contributed by atoms with van der Waals surface area (Å²) in [6.45, 7) is 1.78. The SMILES string of the molecule is CC1=[C]([Sn]([CH3])([CH3])[CH3])C(=O)N(c2ccccc2)C1=O. The zero-order chi connectivity index (χ0) is 13.5. The summed E-state index contributed by atoms with van der Waals surface area (Å²) in [5.41, 5.74) is 1.31. The molecule has 0 N–H and O–H groups in total. The van der Waals surface area contributed by atoms with Crippen LogP contribution in [0.1, 0.15) is 6.92 Å². The van der Waals surface area contributed by atoms with Gasteiger partial charge >= 0.3 is 112 Å². The molecule has 0 fully saturated rings. The van der Waals surface area contributed by atoms with E-state index in [1.165, 1.54) is 4.90 Å². The summed E-state index contributed by atoms with van der Waals surface area (Å²) in [6, 6.07) is 9.14. The number of nitrogens with zero attached hydrogens (tertiary/aromatic N) is 1. The molecule has 0 bridgehead atoms. The van der Waals surface area contributed by atoms with Gasteiger partial charge in [0.2, 0.25) is 0 Å². The van der Waals surface area contributed by atoms with Gasteiger partial charge in [-0.2, -0.15) is 0 Å². The Balaban J connectivity index is 2.48. The number of carbonyl (C=O) groups excluding carboxylic acids is 2. The molecule has 1 aromatic rings. The predicted octanol–water partition coefficient (Wildman–Crippen LogP) is 2.75. The van der Waals surface area contributed by atoms with E-state index in [4.69, 9.17) is 0 Å². The van der Waals surface area contributed by atoms with Gasteiger partial charge in [-0.3, -0.25) is 0 Å². The molecule has 0 saturated heterocycles. The molecule has 0 radical (unpaired) electrons. The van der Waals surface area contributed by atoms with Crippen molar-refractivity contribution in [2.24, 2.45) is 0 Å². The number of para-hydroxylation sites is 1. The summed E-state index contributed by atoms with van der Waals surface area (Å²) < 4.78 is 0.818. The first-order valence-electron chi connectivity index (χ1n) is 5.99. The standard InChI is InChI=1S/C11H8NO2.3CH3.Sn/c1-8-7-10(13)12(11(8)14)9-5-3-2-4-6-9;;;;/h2-6H,1H3;3*1H3;. The van der Waals surface area contributed by atoms with E-state index in [-0.39, 0.29) is 11.8 Å². The van der Waals surface area contributed by atoms with Crippen LogP contribution in [0.2, 0.25) is 14.8 Å². The first-order valence-corrected chi connectivity index (χ1v) is 16.0. The van der Waals surface area contributed by atoms with E-state index in [2.05, 4.69) is 14.8 Å². The molecule has 2 amide bonds. The third-order valence-corrected chi connectivity index (χ3v) is 9.04. The quantitative estimate of drug-likeness (QED) is 0.608. The van der Waals surface area contributed by atoms with Gasteiger partial charge in [0.15, 0.2) is 0 Å². The number of carbonyl (C=O) groups is 2. The van der Waals surface area contributed by atoms with Crippen molar-refractivity contribution in [3.05, 3.63) is 39.5 Å². The molecule has 3 nitrogen and oxygen atoms in total. The first kappa shape index (κ1) is 13.3. The minimum atomic E-state index is -2.56. The van der Waals surface area contributed by atoms with Crippen molar-refractivity contribution in [3.8, 4) is 0 Å². The second-order valence-electron chi connectivity index (χ2n) is 5.53. The van der Waals surface area contributed by atoms with Crippen LogP contribution in [-0.2, 0) is 9.59 Å². The Morgan fingerprint density at radius 2 is 1.50 bits per heavy atom. The van der Waals surface area contributed by atoms with Crippen molar-refractivity contribution >= 4 is 35.9 Å². The van der Waals surface area contributed by atoms with Gasteiger partial charge in [0.25, 0.3) is 0 Å². The summed E-state index contributed by atoms with van der Waals surface area (Å²) in [5, 5.41) is 0. The van der Waals surface area contributed by atoms with E-state index in [9.17, 15) is 9.59 Å². The average molecular weight is 350 g/mol. The topological polar surface area (TPSA) is 37.4 Å². The van der Waals surface area contributed by atoms with E-state index in [1.54, 1.807) is 19.1 Å². The second kappa shape index (κ2) is 4.53. The predicted molar refractivity (Wildman–Crippen MR) is 75.0 cm³/mol. The summed E-state index contributed by atoms with van der Waals surface area (Å²) in [5.74, 6) is -0.264. The van der Waals surface area contributed by atoms with Crippen LogP contribution >= 0.6 is 0 Å². The van der Waals surface area contributed by atoms with Gasteiger partial charge < -0.3 is 0 Å². The molecule has 0 spiro atoms. The van der Waals surface area contributed by atoms with Gasteiger partial charge in [-0.1, -0.05) is 0 Å². The van der Waals surface area contributed by atoms with Crippen molar-refractivity contribution in [1.82, 2.24) is 0 Å². The monoisotopic (exact) mass is 351 g/mol. The van der Waals surface area contributed by atoms with Crippen LogP contribution in [0.3, 0.4) is 0 Å². The van der Waals surface area contributed by atoms with E-state index in [1.807, 2.05) is 18.2 Å². The fourth-order valence-electron chi connectivity index (χ4n) is 2.33. The Morgan fingerprint density at radius 3 is 1.94 bits per heavy atom. The molecule has 18 heavy (non-hydrogen) atoms. The van der Waals surface area contributed by atoms with Crippen LogP contribution < -0.4 is 4.90 Å². The van der Waals surface area contributed by atoms with Gasteiger partial charge in [0, 0.05) is 0 Å². The Bertz CT molecular complexity index is 541. The van der Waals surface area contributed by atoms with E-state index in [0.717, 1.165) is 3.59 Å². The van der Waals surface area contributed by atoms with Gasteiger partial charge in [-0.25, -0.2) is 0 Å². The number of amides is 2. The average Bonchev–Trinajstić information content (AvgIpc) is 2.50. The maximum absolute atomic E-state index is 12.5. The normalized spacial score (nSPS) is 16.8. The third-order valence-electron chi connectivity index (χ3n) is 3.08. The summed E-state index contributed by atoms with van der Waals surface area (Å²) >= 11 is -2.56. The second-order valence-corrected chi connectivity index (χ2v) is 19.8. The zero-order valence-corrected chi connectivity index (χ0v) is 14.0. The van der Waals surface area contributed by atoms with Crippen LogP contribution in [0.4, 0.5) is 5.69 Å². The van der Waals surface area contributed by atoms with Crippen molar-refractivity contribution < 1.29 is 9.59 Å². The van der Waals surface area contributed by atoms with Gasteiger partial charge in [-0.15, -0.1) is 0 Å². The van der Waals surface area contributed by atoms with Gasteiger partial charge in [-0.05, 0) is 0 Å². The van der Waals surface area contributed by atoms with Crippen molar-refractivity contribution in [2.75, 3.05) is 4.90 Å². The molecule has 2 rings (SSSR count). The van der Waals surface area contributed by atoms with Crippen molar-refractivity contribution in [1.29, 1.82) is 0 Å².